The van der Waals surface area contributed by atoms with Gasteiger partial charge in [-0.05, 0) is 24.0 Å². The maximum absolute atomic E-state index is 5.44. The molecule has 1 N–H and O–H groups in total. The Kier molecular flexibility index (Phi) is 8.28. The van der Waals surface area contributed by atoms with Crippen LogP contribution in [0.1, 0.15) is 24.0 Å². The molecule has 0 aliphatic carbocycles. The smallest absolute Gasteiger partial charge is 0.193 e. The van der Waals surface area contributed by atoms with Gasteiger partial charge in [-0.15, -0.1) is 24.0 Å². The third kappa shape index (κ3) is 5.32. The molecule has 5 nitrogen and oxygen atoms in total. The lowest BCUT2D eigenvalue weighted by Crippen LogP contribution is -2.39. The van der Waals surface area contributed by atoms with Gasteiger partial charge in [0.05, 0.1) is 13.2 Å². The van der Waals surface area contributed by atoms with Crippen molar-refractivity contribution in [2.75, 3.05) is 46.4 Å². The lowest BCUT2D eigenvalue weighted by Gasteiger charge is -2.27. The maximum Gasteiger partial charge on any atom is 0.193 e. The monoisotopic (exact) mass is 444 g/mol. The maximum atomic E-state index is 5.44. The van der Waals surface area contributed by atoms with Gasteiger partial charge in [0.2, 0.25) is 0 Å². The minimum Gasteiger partial charge on any atom is -0.379 e. The SMILES string of the molecule is CN=C(NCc1ccccc1CN1CCOCC1)N1CCCC1.I. The van der Waals surface area contributed by atoms with E-state index in [1.807, 2.05) is 7.05 Å². The zero-order valence-corrected chi connectivity index (χ0v) is 16.9. The molecule has 6 heteroatoms. The highest BCUT2D eigenvalue weighted by molar-refractivity contribution is 14.0. The van der Waals surface area contributed by atoms with E-state index in [-0.39, 0.29) is 24.0 Å². The summed E-state index contributed by atoms with van der Waals surface area (Å²) in [7, 11) is 1.88. The molecule has 0 aromatic heterocycles. The lowest BCUT2D eigenvalue weighted by molar-refractivity contribution is 0.0341. The molecule has 134 valence electrons. The molecule has 2 heterocycles. The first-order valence-corrected chi connectivity index (χ1v) is 8.69. The highest BCUT2D eigenvalue weighted by Crippen LogP contribution is 2.14. The fraction of sp³-hybridized carbons (Fsp3) is 0.611. The molecule has 0 amide bonds. The highest BCUT2D eigenvalue weighted by Gasteiger charge is 2.16. The van der Waals surface area contributed by atoms with Gasteiger partial charge in [-0.1, -0.05) is 24.3 Å². The van der Waals surface area contributed by atoms with Crippen LogP contribution in [0.25, 0.3) is 0 Å². The molecule has 2 fully saturated rings. The quantitative estimate of drug-likeness (QED) is 0.440. The zero-order chi connectivity index (χ0) is 15.9. The number of halogens is 1. The number of nitrogens with one attached hydrogen (secondary N) is 1. The fourth-order valence-electron chi connectivity index (χ4n) is 3.32. The lowest BCUT2D eigenvalue weighted by atomic mass is 10.1. The van der Waals surface area contributed by atoms with E-state index in [2.05, 4.69) is 44.4 Å². The van der Waals surface area contributed by atoms with Crippen LogP contribution in [-0.2, 0) is 17.8 Å². The van der Waals surface area contributed by atoms with Crippen LogP contribution >= 0.6 is 24.0 Å². The zero-order valence-electron chi connectivity index (χ0n) is 14.5. The topological polar surface area (TPSA) is 40.1 Å². The summed E-state index contributed by atoms with van der Waals surface area (Å²) in [6.45, 7) is 7.83. The molecule has 2 saturated heterocycles. The van der Waals surface area contributed by atoms with Gasteiger partial charge in [-0.3, -0.25) is 9.89 Å². The number of aliphatic imine (C=N–C) groups is 1. The van der Waals surface area contributed by atoms with Crippen molar-refractivity contribution < 1.29 is 4.74 Å². The molecule has 3 rings (SSSR count). The van der Waals surface area contributed by atoms with Crippen LogP contribution in [0, 0.1) is 0 Å². The van der Waals surface area contributed by atoms with Gasteiger partial charge in [0.15, 0.2) is 5.96 Å². The van der Waals surface area contributed by atoms with Crippen molar-refractivity contribution in [3.05, 3.63) is 35.4 Å². The van der Waals surface area contributed by atoms with Crippen LogP contribution in [-0.4, -0.2) is 62.2 Å². The second-order valence-corrected chi connectivity index (χ2v) is 6.25. The number of likely N-dealkylation sites (tertiary alicyclic amines) is 1. The van der Waals surface area contributed by atoms with E-state index in [4.69, 9.17) is 4.74 Å². The normalized spacial score (nSPS) is 19.2. The molecular formula is C18H29IN4O. The van der Waals surface area contributed by atoms with Crippen LogP contribution < -0.4 is 5.32 Å². The summed E-state index contributed by atoms with van der Waals surface area (Å²) in [5, 5.41) is 3.54. The van der Waals surface area contributed by atoms with Crippen molar-refractivity contribution >= 4 is 29.9 Å². The van der Waals surface area contributed by atoms with Gasteiger partial charge in [0.25, 0.3) is 0 Å². The molecule has 1 aromatic carbocycles. The molecule has 0 radical (unpaired) electrons. The van der Waals surface area contributed by atoms with Crippen molar-refractivity contribution in [1.29, 1.82) is 0 Å². The number of nitrogens with zero attached hydrogens (tertiary/aromatic N) is 3. The number of ether oxygens (including phenoxy) is 1. The number of rotatable bonds is 4. The third-order valence-electron chi connectivity index (χ3n) is 4.67. The Hall–Kier alpha value is -0.860. The van der Waals surface area contributed by atoms with E-state index in [0.29, 0.717) is 0 Å². The summed E-state index contributed by atoms with van der Waals surface area (Å²) in [4.78, 5) is 9.26. The number of guanidine groups is 1. The summed E-state index contributed by atoms with van der Waals surface area (Å²) in [6.07, 6.45) is 2.54. The standard InChI is InChI=1S/C18H28N4O.HI/c1-19-18(22-8-4-5-9-22)20-14-16-6-2-3-7-17(16)15-21-10-12-23-13-11-21;/h2-3,6-7H,4-5,8-15H2,1H3,(H,19,20);1H. The molecule has 1 aromatic rings. The Morgan fingerprint density at radius 1 is 1.08 bits per heavy atom. The number of hydrogen-bond acceptors (Lipinski definition) is 3. The van der Waals surface area contributed by atoms with Crippen molar-refractivity contribution in [3.8, 4) is 0 Å². The van der Waals surface area contributed by atoms with Crippen molar-refractivity contribution in [2.24, 2.45) is 4.99 Å². The van der Waals surface area contributed by atoms with Crippen LogP contribution in [0.4, 0.5) is 0 Å². The Morgan fingerprint density at radius 3 is 2.42 bits per heavy atom. The summed E-state index contributed by atoms with van der Waals surface area (Å²) in [6, 6.07) is 8.72. The fourth-order valence-corrected chi connectivity index (χ4v) is 3.32. The molecule has 2 aliphatic heterocycles. The highest BCUT2D eigenvalue weighted by atomic mass is 127. The van der Waals surface area contributed by atoms with Gasteiger partial charge in [-0.2, -0.15) is 0 Å². The Bertz CT molecular complexity index is 526. The second kappa shape index (κ2) is 10.2. The summed E-state index contributed by atoms with van der Waals surface area (Å²) in [5.74, 6) is 1.03. The van der Waals surface area contributed by atoms with Crippen molar-refractivity contribution in [1.82, 2.24) is 15.1 Å². The van der Waals surface area contributed by atoms with Crippen LogP contribution in [0.15, 0.2) is 29.3 Å². The van der Waals surface area contributed by atoms with Gasteiger partial charge < -0.3 is 15.0 Å². The van der Waals surface area contributed by atoms with Crippen LogP contribution in [0.3, 0.4) is 0 Å². The molecule has 24 heavy (non-hydrogen) atoms. The molecule has 0 spiro atoms. The van der Waals surface area contributed by atoms with E-state index in [1.165, 1.54) is 24.0 Å². The predicted molar refractivity (Wildman–Crippen MR) is 109 cm³/mol. The van der Waals surface area contributed by atoms with E-state index >= 15 is 0 Å². The molecule has 0 saturated carbocycles. The second-order valence-electron chi connectivity index (χ2n) is 6.25. The van der Waals surface area contributed by atoms with Crippen molar-refractivity contribution in [2.45, 2.75) is 25.9 Å². The number of hydrogen-bond donors (Lipinski definition) is 1. The molecular weight excluding hydrogens is 415 g/mol. The summed E-state index contributed by atoms with van der Waals surface area (Å²) in [5.41, 5.74) is 2.76. The minimum absolute atomic E-state index is 0. The third-order valence-corrected chi connectivity index (χ3v) is 4.67. The predicted octanol–water partition coefficient (Wildman–Crippen LogP) is 2.31. The first kappa shape index (κ1) is 19.5. The van der Waals surface area contributed by atoms with Crippen molar-refractivity contribution in [3.63, 3.8) is 0 Å². The Morgan fingerprint density at radius 2 is 1.75 bits per heavy atom. The van der Waals surface area contributed by atoms with Crippen LogP contribution in [0.2, 0.25) is 0 Å². The van der Waals surface area contributed by atoms with Gasteiger partial charge in [0, 0.05) is 46.3 Å². The average molecular weight is 444 g/mol. The first-order valence-electron chi connectivity index (χ1n) is 8.69. The van der Waals surface area contributed by atoms with Gasteiger partial charge in [-0.25, -0.2) is 0 Å². The van der Waals surface area contributed by atoms with E-state index in [9.17, 15) is 0 Å². The van der Waals surface area contributed by atoms with Gasteiger partial charge >= 0.3 is 0 Å². The molecule has 2 aliphatic rings. The molecule has 0 atom stereocenters. The average Bonchev–Trinajstić information content (AvgIpc) is 3.12. The Balaban J connectivity index is 0.00000208. The molecule has 0 unspecified atom stereocenters. The molecule has 0 bridgehead atoms. The van der Waals surface area contributed by atoms with Gasteiger partial charge in [0.1, 0.15) is 0 Å². The number of morpholine rings is 1. The first-order chi connectivity index (χ1) is 11.4. The minimum atomic E-state index is 0. The number of benzene rings is 1. The summed E-state index contributed by atoms with van der Waals surface area (Å²) < 4.78 is 5.44. The van der Waals surface area contributed by atoms with E-state index in [0.717, 1.165) is 58.4 Å². The van der Waals surface area contributed by atoms with Crippen LogP contribution in [0.5, 0.6) is 0 Å². The largest absolute Gasteiger partial charge is 0.379 e. The summed E-state index contributed by atoms with van der Waals surface area (Å²) >= 11 is 0. The Labute approximate surface area is 162 Å². The van der Waals surface area contributed by atoms with E-state index in [1.54, 1.807) is 0 Å². The van der Waals surface area contributed by atoms with E-state index < -0.39 is 0 Å².